The Kier molecular flexibility index (Phi) is 3.33. The van der Waals surface area contributed by atoms with Gasteiger partial charge in [-0.05, 0) is 38.1 Å². The van der Waals surface area contributed by atoms with E-state index in [1.54, 1.807) is 0 Å². The number of halogens is 1. The quantitative estimate of drug-likeness (QED) is 0.856. The number of nitrogens with two attached hydrogens (primary N) is 1. The number of nitrogens with one attached hydrogen (secondary N) is 1. The summed E-state index contributed by atoms with van der Waals surface area (Å²) in [5.74, 6) is 0. The minimum Gasteiger partial charge on any atom is -0.379 e. The molecule has 0 aliphatic rings. The molecular formula is C10H15BrN2. The second-order valence-electron chi connectivity index (χ2n) is 3.72. The Balaban J connectivity index is 2.69. The van der Waals surface area contributed by atoms with E-state index in [-0.39, 0.29) is 5.54 Å². The third-order valence-electron chi connectivity index (χ3n) is 1.84. The van der Waals surface area contributed by atoms with Crippen molar-refractivity contribution in [2.45, 2.75) is 19.4 Å². The van der Waals surface area contributed by atoms with Crippen molar-refractivity contribution in [2.24, 2.45) is 5.73 Å². The molecule has 0 spiro atoms. The molecule has 3 heteroatoms. The molecule has 0 aliphatic heterocycles. The Morgan fingerprint density at radius 3 is 2.31 bits per heavy atom. The van der Waals surface area contributed by atoms with Crippen LogP contribution < -0.4 is 11.1 Å². The lowest BCUT2D eigenvalue weighted by Crippen LogP contribution is -2.39. The van der Waals surface area contributed by atoms with Gasteiger partial charge in [-0.25, -0.2) is 0 Å². The van der Waals surface area contributed by atoms with Crippen LogP contribution in [-0.4, -0.2) is 12.1 Å². The molecule has 0 radical (unpaired) electrons. The van der Waals surface area contributed by atoms with Crippen molar-refractivity contribution >= 4 is 21.6 Å². The molecule has 0 saturated heterocycles. The largest absolute Gasteiger partial charge is 0.379 e. The smallest absolute Gasteiger partial charge is 0.0439 e. The van der Waals surface area contributed by atoms with Crippen LogP contribution in [0.1, 0.15) is 13.8 Å². The first-order valence-corrected chi connectivity index (χ1v) is 5.07. The molecule has 1 aromatic carbocycles. The fourth-order valence-corrected chi connectivity index (χ4v) is 1.24. The van der Waals surface area contributed by atoms with Crippen LogP contribution in [0.4, 0.5) is 5.69 Å². The van der Waals surface area contributed by atoms with Gasteiger partial charge in [0.05, 0.1) is 0 Å². The summed E-state index contributed by atoms with van der Waals surface area (Å²) in [5.41, 5.74) is 6.66. The van der Waals surface area contributed by atoms with Gasteiger partial charge in [-0.15, -0.1) is 0 Å². The zero-order valence-electron chi connectivity index (χ0n) is 7.97. The molecule has 0 aromatic heterocycles. The third-order valence-corrected chi connectivity index (χ3v) is 2.37. The van der Waals surface area contributed by atoms with E-state index in [0.717, 1.165) is 10.2 Å². The van der Waals surface area contributed by atoms with Gasteiger partial charge in [0.1, 0.15) is 0 Å². The Bertz CT molecular complexity index is 267. The van der Waals surface area contributed by atoms with Crippen molar-refractivity contribution in [3.8, 4) is 0 Å². The molecule has 0 heterocycles. The molecule has 13 heavy (non-hydrogen) atoms. The lowest BCUT2D eigenvalue weighted by atomic mass is 10.1. The topological polar surface area (TPSA) is 38.0 Å². The highest BCUT2D eigenvalue weighted by Gasteiger charge is 2.13. The second kappa shape index (κ2) is 4.11. The SMILES string of the molecule is CC(C)(CN)Nc1ccc(Br)cc1. The first-order valence-electron chi connectivity index (χ1n) is 4.27. The fourth-order valence-electron chi connectivity index (χ4n) is 0.975. The van der Waals surface area contributed by atoms with Crippen LogP contribution in [0.5, 0.6) is 0 Å². The third kappa shape index (κ3) is 3.36. The molecular weight excluding hydrogens is 228 g/mol. The molecule has 0 fully saturated rings. The first-order chi connectivity index (χ1) is 6.03. The highest BCUT2D eigenvalue weighted by Crippen LogP contribution is 2.17. The van der Waals surface area contributed by atoms with Gasteiger partial charge < -0.3 is 11.1 Å². The lowest BCUT2D eigenvalue weighted by molar-refractivity contribution is 0.580. The van der Waals surface area contributed by atoms with E-state index in [9.17, 15) is 0 Å². The van der Waals surface area contributed by atoms with Gasteiger partial charge in [-0.2, -0.15) is 0 Å². The number of hydrogen-bond donors (Lipinski definition) is 2. The first kappa shape index (κ1) is 10.5. The van der Waals surface area contributed by atoms with Gasteiger partial charge in [0.25, 0.3) is 0 Å². The molecule has 0 aliphatic carbocycles. The second-order valence-corrected chi connectivity index (χ2v) is 4.64. The molecule has 0 amide bonds. The number of benzene rings is 1. The summed E-state index contributed by atoms with van der Waals surface area (Å²) in [6, 6.07) is 8.08. The van der Waals surface area contributed by atoms with E-state index in [2.05, 4.69) is 35.1 Å². The maximum absolute atomic E-state index is 5.61. The molecule has 0 bridgehead atoms. The van der Waals surface area contributed by atoms with Crippen LogP contribution in [0.15, 0.2) is 28.7 Å². The van der Waals surface area contributed by atoms with E-state index in [1.807, 2.05) is 24.3 Å². The highest BCUT2D eigenvalue weighted by molar-refractivity contribution is 9.10. The van der Waals surface area contributed by atoms with E-state index in [0.29, 0.717) is 6.54 Å². The summed E-state index contributed by atoms with van der Waals surface area (Å²) in [6.07, 6.45) is 0. The molecule has 0 saturated carbocycles. The predicted octanol–water partition coefficient (Wildman–Crippen LogP) is 2.60. The molecule has 0 atom stereocenters. The van der Waals surface area contributed by atoms with Gasteiger partial charge >= 0.3 is 0 Å². The van der Waals surface area contributed by atoms with Crippen molar-refractivity contribution in [1.29, 1.82) is 0 Å². The summed E-state index contributed by atoms with van der Waals surface area (Å²) >= 11 is 3.39. The van der Waals surface area contributed by atoms with Gasteiger partial charge in [-0.3, -0.25) is 0 Å². The Hall–Kier alpha value is -0.540. The molecule has 72 valence electrons. The zero-order chi connectivity index (χ0) is 9.90. The number of hydrogen-bond acceptors (Lipinski definition) is 2. The van der Waals surface area contributed by atoms with Crippen molar-refractivity contribution in [3.05, 3.63) is 28.7 Å². The Morgan fingerprint density at radius 2 is 1.85 bits per heavy atom. The predicted molar refractivity (Wildman–Crippen MR) is 60.9 cm³/mol. The highest BCUT2D eigenvalue weighted by atomic mass is 79.9. The van der Waals surface area contributed by atoms with Crippen molar-refractivity contribution in [2.75, 3.05) is 11.9 Å². The normalized spacial score (nSPS) is 11.4. The van der Waals surface area contributed by atoms with Crippen LogP contribution in [0.2, 0.25) is 0 Å². The maximum atomic E-state index is 5.61. The Labute approximate surface area is 87.6 Å². The van der Waals surface area contributed by atoms with E-state index in [4.69, 9.17) is 5.73 Å². The monoisotopic (exact) mass is 242 g/mol. The van der Waals surface area contributed by atoms with Gasteiger partial charge in [0.15, 0.2) is 0 Å². The van der Waals surface area contributed by atoms with Crippen molar-refractivity contribution < 1.29 is 0 Å². The van der Waals surface area contributed by atoms with E-state index in [1.165, 1.54) is 0 Å². The van der Waals surface area contributed by atoms with Crippen LogP contribution >= 0.6 is 15.9 Å². The van der Waals surface area contributed by atoms with E-state index < -0.39 is 0 Å². The number of anilines is 1. The summed E-state index contributed by atoms with van der Waals surface area (Å²) in [4.78, 5) is 0. The van der Waals surface area contributed by atoms with Gasteiger partial charge in [-0.1, -0.05) is 15.9 Å². The summed E-state index contributed by atoms with van der Waals surface area (Å²) in [5, 5.41) is 3.35. The van der Waals surface area contributed by atoms with Gasteiger partial charge in [0, 0.05) is 22.2 Å². The fraction of sp³-hybridized carbons (Fsp3) is 0.400. The summed E-state index contributed by atoms with van der Waals surface area (Å²) in [7, 11) is 0. The van der Waals surface area contributed by atoms with Gasteiger partial charge in [0.2, 0.25) is 0 Å². The molecule has 2 nitrogen and oxygen atoms in total. The minimum atomic E-state index is -0.0478. The summed E-state index contributed by atoms with van der Waals surface area (Å²) in [6.45, 7) is 4.77. The average Bonchev–Trinajstić information content (AvgIpc) is 2.09. The maximum Gasteiger partial charge on any atom is 0.0439 e. The summed E-state index contributed by atoms with van der Waals surface area (Å²) < 4.78 is 1.09. The molecule has 0 unspecified atom stereocenters. The van der Waals surface area contributed by atoms with E-state index >= 15 is 0 Å². The van der Waals surface area contributed by atoms with Crippen LogP contribution in [-0.2, 0) is 0 Å². The number of rotatable bonds is 3. The lowest BCUT2D eigenvalue weighted by Gasteiger charge is -2.25. The van der Waals surface area contributed by atoms with Crippen molar-refractivity contribution in [3.63, 3.8) is 0 Å². The average molecular weight is 243 g/mol. The Morgan fingerprint density at radius 1 is 1.31 bits per heavy atom. The zero-order valence-corrected chi connectivity index (χ0v) is 9.56. The molecule has 1 aromatic rings. The standard InChI is InChI=1S/C10H15BrN2/c1-10(2,7-12)13-9-5-3-8(11)4-6-9/h3-6,13H,7,12H2,1-2H3. The minimum absolute atomic E-state index is 0.0478. The molecule has 1 rings (SSSR count). The van der Waals surface area contributed by atoms with Crippen LogP contribution in [0.3, 0.4) is 0 Å². The molecule has 3 N–H and O–H groups in total. The van der Waals surface area contributed by atoms with Crippen LogP contribution in [0, 0.1) is 0 Å². The van der Waals surface area contributed by atoms with Crippen molar-refractivity contribution in [1.82, 2.24) is 0 Å². The van der Waals surface area contributed by atoms with Crippen LogP contribution in [0.25, 0.3) is 0 Å².